The van der Waals surface area contributed by atoms with E-state index in [2.05, 4.69) is 37.7 Å². The summed E-state index contributed by atoms with van der Waals surface area (Å²) in [7, 11) is -1.44. The van der Waals surface area contributed by atoms with Gasteiger partial charge in [-0.3, -0.25) is 9.84 Å². The normalized spacial score (nSPS) is 15.5. The summed E-state index contributed by atoms with van der Waals surface area (Å²) in [4.78, 5) is 0. The van der Waals surface area contributed by atoms with Gasteiger partial charge in [0.15, 0.2) is 0 Å². The number of rotatable bonds is 9. The number of aliphatic hydroxyl groups is 1. The quantitative estimate of drug-likeness (QED) is 0.386. The van der Waals surface area contributed by atoms with Crippen LogP contribution in [0.15, 0.2) is 0 Å². The van der Waals surface area contributed by atoms with E-state index in [9.17, 15) is 5.11 Å². The molecule has 0 radical (unpaired) electrons. The van der Waals surface area contributed by atoms with Gasteiger partial charge in [-0.2, -0.15) is 5.26 Å². The van der Waals surface area contributed by atoms with Gasteiger partial charge in [0.25, 0.3) is 8.53 Å². The lowest BCUT2D eigenvalue weighted by molar-refractivity contribution is -0.0683. The molecule has 0 aromatic heterocycles. The molecule has 21 heavy (non-hydrogen) atoms. The summed E-state index contributed by atoms with van der Waals surface area (Å²) >= 11 is 0. The molecule has 0 rings (SSSR count). The van der Waals surface area contributed by atoms with Gasteiger partial charge in [0, 0.05) is 17.6 Å². The smallest absolute Gasteiger partial charge is 0.262 e. The number of aliphatic hydroxyl groups excluding tert-OH is 1. The van der Waals surface area contributed by atoms with Crippen LogP contribution >= 0.6 is 8.53 Å². The maximum absolute atomic E-state index is 10.0. The van der Waals surface area contributed by atoms with Crippen LogP contribution in [-0.2, 0) is 9.05 Å². The van der Waals surface area contributed by atoms with Crippen LogP contribution in [0.2, 0.25) is 0 Å². The molecule has 2 atom stereocenters. The van der Waals surface area contributed by atoms with Gasteiger partial charge in [-0.05, 0) is 48.5 Å². The molecule has 0 aliphatic heterocycles. The molecule has 7 heteroatoms. The standard InChI is InChI=1S/C14H30N3O3P/c1-11(2)17(12(3)4)21(19-10-8-9-15)20-13(18)16-14(5,6)7/h11-13,16,18H,8,10H2,1-7H3. The maximum atomic E-state index is 10.0. The van der Waals surface area contributed by atoms with Crippen molar-refractivity contribution in [2.24, 2.45) is 0 Å². The molecule has 0 bridgehead atoms. The number of nitrogens with one attached hydrogen (secondary N) is 1. The van der Waals surface area contributed by atoms with Crippen molar-refractivity contribution in [2.75, 3.05) is 6.61 Å². The molecule has 0 heterocycles. The van der Waals surface area contributed by atoms with Crippen LogP contribution in [0.5, 0.6) is 0 Å². The lowest BCUT2D eigenvalue weighted by Gasteiger charge is -2.37. The molecule has 6 nitrogen and oxygen atoms in total. The van der Waals surface area contributed by atoms with Crippen molar-refractivity contribution in [2.45, 2.75) is 78.9 Å². The van der Waals surface area contributed by atoms with E-state index in [1.165, 1.54) is 0 Å². The molecule has 0 fully saturated rings. The van der Waals surface area contributed by atoms with Crippen LogP contribution in [0.1, 0.15) is 54.9 Å². The Bertz CT molecular complexity index is 318. The zero-order chi connectivity index (χ0) is 16.6. The number of hydrogen-bond acceptors (Lipinski definition) is 6. The second-order valence-corrected chi connectivity index (χ2v) is 7.81. The van der Waals surface area contributed by atoms with Gasteiger partial charge in [-0.15, -0.1) is 0 Å². The van der Waals surface area contributed by atoms with E-state index in [-0.39, 0.29) is 17.6 Å². The van der Waals surface area contributed by atoms with Crippen LogP contribution in [0.3, 0.4) is 0 Å². The Kier molecular flexibility index (Phi) is 9.55. The fourth-order valence-corrected chi connectivity index (χ4v) is 3.30. The van der Waals surface area contributed by atoms with Crippen molar-refractivity contribution in [1.29, 1.82) is 5.26 Å². The molecule has 0 aliphatic rings. The fraction of sp³-hybridized carbons (Fsp3) is 0.929. The predicted molar refractivity (Wildman–Crippen MR) is 85.2 cm³/mol. The first-order valence-corrected chi connectivity index (χ1v) is 8.42. The van der Waals surface area contributed by atoms with Crippen molar-refractivity contribution in [3.05, 3.63) is 0 Å². The largest absolute Gasteiger partial charge is 0.355 e. The van der Waals surface area contributed by atoms with Crippen LogP contribution in [0.25, 0.3) is 0 Å². The SMILES string of the molecule is CC(C)N(C(C)C)P(OCCC#N)OC(O)NC(C)(C)C. The van der Waals surface area contributed by atoms with Gasteiger partial charge >= 0.3 is 0 Å². The van der Waals surface area contributed by atoms with E-state index in [0.717, 1.165) is 0 Å². The lowest BCUT2D eigenvalue weighted by atomic mass is 10.1. The monoisotopic (exact) mass is 319 g/mol. The third-order valence-electron chi connectivity index (χ3n) is 2.41. The molecule has 2 N–H and O–H groups in total. The van der Waals surface area contributed by atoms with Crippen LogP contribution in [0, 0.1) is 11.3 Å². The van der Waals surface area contributed by atoms with Gasteiger partial charge in [0.2, 0.25) is 6.41 Å². The van der Waals surface area contributed by atoms with Crippen LogP contribution in [-0.4, -0.2) is 40.4 Å². The third kappa shape index (κ3) is 9.36. The van der Waals surface area contributed by atoms with Crippen molar-refractivity contribution >= 4 is 8.53 Å². The van der Waals surface area contributed by atoms with Gasteiger partial charge in [-0.25, -0.2) is 4.67 Å². The highest BCUT2D eigenvalue weighted by atomic mass is 31.2. The van der Waals surface area contributed by atoms with E-state index in [0.29, 0.717) is 13.0 Å². The zero-order valence-corrected chi connectivity index (χ0v) is 15.1. The number of hydrogen-bond donors (Lipinski definition) is 2. The minimum Gasteiger partial charge on any atom is -0.355 e. The first-order valence-electron chi connectivity index (χ1n) is 7.29. The Balaban J connectivity index is 4.83. The van der Waals surface area contributed by atoms with Crippen LogP contribution < -0.4 is 5.32 Å². The first-order chi connectivity index (χ1) is 9.58. The van der Waals surface area contributed by atoms with E-state index in [1.54, 1.807) is 0 Å². The van der Waals surface area contributed by atoms with Gasteiger partial charge in [-0.1, -0.05) is 0 Å². The fourth-order valence-electron chi connectivity index (χ4n) is 1.78. The summed E-state index contributed by atoms with van der Waals surface area (Å²) in [6, 6.07) is 2.46. The Labute approximate surface area is 130 Å². The molecule has 0 aromatic rings. The Morgan fingerprint density at radius 2 is 1.76 bits per heavy atom. The second kappa shape index (κ2) is 9.68. The second-order valence-electron chi connectivity index (χ2n) is 6.40. The van der Waals surface area contributed by atoms with E-state index < -0.39 is 14.9 Å². The highest BCUT2D eigenvalue weighted by molar-refractivity contribution is 7.44. The van der Waals surface area contributed by atoms with Crippen molar-refractivity contribution in [3.63, 3.8) is 0 Å². The van der Waals surface area contributed by atoms with Gasteiger partial charge in [0.05, 0.1) is 19.1 Å². The lowest BCUT2D eigenvalue weighted by Crippen LogP contribution is -2.45. The number of nitriles is 1. The topological polar surface area (TPSA) is 77.8 Å². The Morgan fingerprint density at radius 1 is 1.24 bits per heavy atom. The molecular weight excluding hydrogens is 289 g/mol. The van der Waals surface area contributed by atoms with Gasteiger partial charge < -0.3 is 9.63 Å². The molecule has 0 saturated heterocycles. The van der Waals surface area contributed by atoms with E-state index >= 15 is 0 Å². The molecule has 0 amide bonds. The average molecular weight is 319 g/mol. The van der Waals surface area contributed by atoms with Crippen molar-refractivity contribution < 1.29 is 14.2 Å². The highest BCUT2D eigenvalue weighted by Crippen LogP contribution is 2.46. The first kappa shape index (κ1) is 20.7. The summed E-state index contributed by atoms with van der Waals surface area (Å²) in [5, 5.41) is 21.6. The summed E-state index contributed by atoms with van der Waals surface area (Å²) in [5.41, 5.74) is -0.270. The summed E-state index contributed by atoms with van der Waals surface area (Å²) < 4.78 is 13.4. The van der Waals surface area contributed by atoms with Crippen molar-refractivity contribution in [3.8, 4) is 6.07 Å². The zero-order valence-electron chi connectivity index (χ0n) is 14.3. The van der Waals surface area contributed by atoms with E-state index in [4.69, 9.17) is 14.3 Å². The molecule has 124 valence electrons. The maximum Gasteiger partial charge on any atom is 0.262 e. The minimum absolute atomic E-state index is 0.208. The average Bonchev–Trinajstić information content (AvgIpc) is 2.25. The molecule has 0 spiro atoms. The Morgan fingerprint density at radius 3 is 2.14 bits per heavy atom. The molecule has 0 aliphatic carbocycles. The van der Waals surface area contributed by atoms with Crippen molar-refractivity contribution in [1.82, 2.24) is 9.99 Å². The number of nitrogens with zero attached hydrogens (tertiary/aromatic N) is 2. The third-order valence-corrected chi connectivity index (χ3v) is 4.49. The summed E-state index contributed by atoms with van der Waals surface area (Å²) in [6.07, 6.45) is -0.812. The van der Waals surface area contributed by atoms with Gasteiger partial charge in [0.1, 0.15) is 0 Å². The van der Waals surface area contributed by atoms with E-state index in [1.807, 2.05) is 26.8 Å². The van der Waals surface area contributed by atoms with Crippen LogP contribution in [0.4, 0.5) is 0 Å². The molecular formula is C14H30N3O3P. The summed E-state index contributed by atoms with van der Waals surface area (Å²) in [5.74, 6) is 0. The predicted octanol–water partition coefficient (Wildman–Crippen LogP) is 2.94. The highest BCUT2D eigenvalue weighted by Gasteiger charge is 2.30. The minimum atomic E-state index is -1.44. The summed E-state index contributed by atoms with van der Waals surface area (Å²) in [6.45, 7) is 14.3. The molecule has 0 aromatic carbocycles. The Hall–Kier alpha value is -0.280. The molecule has 2 unspecified atom stereocenters. The molecule has 0 saturated carbocycles.